The first kappa shape index (κ1) is 22.9. The van der Waals surface area contributed by atoms with Gasteiger partial charge < -0.3 is 5.32 Å². The standard InChI is InChI=1S/C23H33N5O3/c1-7-8-19-20(15(2)24-16-13-22(3,4)26-23(5,6)14-16)21(29)27(25-19)17-9-11-18(12-10-17)28(30)31/h9-12,16,25-26H,7-8,13-14H2,1-6H3. The molecule has 0 radical (unpaired) electrons. The zero-order valence-electron chi connectivity index (χ0n) is 19.3. The molecule has 3 rings (SSSR count). The second kappa shape index (κ2) is 8.42. The normalized spacial score (nSPS) is 18.8. The highest BCUT2D eigenvalue weighted by Crippen LogP contribution is 2.30. The lowest BCUT2D eigenvalue weighted by molar-refractivity contribution is -0.384. The number of piperidine rings is 1. The van der Waals surface area contributed by atoms with Crippen LogP contribution in [0.3, 0.4) is 0 Å². The van der Waals surface area contributed by atoms with Crippen molar-refractivity contribution in [3.05, 3.63) is 56.0 Å². The highest BCUT2D eigenvalue weighted by molar-refractivity contribution is 5.99. The Morgan fingerprint density at radius 3 is 2.29 bits per heavy atom. The molecule has 1 aliphatic heterocycles. The average Bonchev–Trinajstić information content (AvgIpc) is 2.95. The van der Waals surface area contributed by atoms with Crippen LogP contribution in [0.5, 0.6) is 0 Å². The lowest BCUT2D eigenvalue weighted by Crippen LogP contribution is -2.58. The molecule has 1 saturated heterocycles. The van der Waals surface area contributed by atoms with E-state index in [0.717, 1.165) is 37.1 Å². The first-order valence-electron chi connectivity index (χ1n) is 10.9. The topological polar surface area (TPSA) is 105 Å². The number of benzene rings is 1. The molecule has 8 heteroatoms. The quantitative estimate of drug-likeness (QED) is 0.410. The van der Waals surface area contributed by atoms with E-state index in [9.17, 15) is 14.9 Å². The van der Waals surface area contributed by atoms with E-state index in [0.29, 0.717) is 11.3 Å². The molecule has 0 spiro atoms. The highest BCUT2D eigenvalue weighted by Gasteiger charge is 2.37. The van der Waals surface area contributed by atoms with E-state index in [-0.39, 0.29) is 28.4 Å². The molecule has 1 aromatic heterocycles. The number of nitrogens with zero attached hydrogens (tertiary/aromatic N) is 3. The maximum atomic E-state index is 13.3. The zero-order chi connectivity index (χ0) is 23.0. The lowest BCUT2D eigenvalue weighted by Gasteiger charge is -2.45. The highest BCUT2D eigenvalue weighted by atomic mass is 16.6. The summed E-state index contributed by atoms with van der Waals surface area (Å²) in [6, 6.07) is 6.10. The van der Waals surface area contributed by atoms with Gasteiger partial charge in [0.1, 0.15) is 0 Å². The van der Waals surface area contributed by atoms with E-state index in [1.807, 2.05) is 6.92 Å². The number of aromatic nitrogens is 2. The Morgan fingerprint density at radius 2 is 1.77 bits per heavy atom. The fourth-order valence-corrected chi connectivity index (χ4v) is 4.89. The number of hydrogen-bond donors (Lipinski definition) is 2. The molecule has 0 atom stereocenters. The van der Waals surface area contributed by atoms with E-state index < -0.39 is 4.92 Å². The van der Waals surface area contributed by atoms with Crippen LogP contribution in [-0.4, -0.2) is 37.5 Å². The van der Waals surface area contributed by atoms with Crippen LogP contribution in [0.15, 0.2) is 34.1 Å². The van der Waals surface area contributed by atoms with Crippen molar-refractivity contribution in [2.75, 3.05) is 0 Å². The minimum Gasteiger partial charge on any atom is -0.307 e. The van der Waals surface area contributed by atoms with Crippen LogP contribution in [0.2, 0.25) is 0 Å². The number of rotatable bonds is 6. The van der Waals surface area contributed by atoms with E-state index in [1.54, 1.807) is 12.1 Å². The molecule has 1 aromatic carbocycles. The van der Waals surface area contributed by atoms with Gasteiger partial charge in [-0.3, -0.25) is 25.0 Å². The molecule has 168 valence electrons. The fraction of sp³-hybridized carbons (Fsp3) is 0.565. The number of nitrogens with one attached hydrogen (secondary N) is 2. The van der Waals surface area contributed by atoms with Gasteiger partial charge in [0.2, 0.25) is 0 Å². The molecule has 2 aromatic rings. The number of non-ortho nitro benzene ring substituents is 1. The minimum absolute atomic E-state index is 0.00811. The molecule has 31 heavy (non-hydrogen) atoms. The second-order valence-electron chi connectivity index (χ2n) is 9.80. The third-order valence-electron chi connectivity index (χ3n) is 5.69. The van der Waals surface area contributed by atoms with E-state index in [2.05, 4.69) is 45.0 Å². The van der Waals surface area contributed by atoms with Crippen LogP contribution in [0.4, 0.5) is 5.69 Å². The first-order chi connectivity index (χ1) is 14.4. The van der Waals surface area contributed by atoms with Gasteiger partial charge in [-0.25, -0.2) is 4.68 Å². The van der Waals surface area contributed by atoms with Crippen LogP contribution < -0.4 is 10.9 Å². The zero-order valence-corrected chi connectivity index (χ0v) is 19.3. The number of nitro groups is 1. The Morgan fingerprint density at radius 1 is 1.19 bits per heavy atom. The molecule has 0 aliphatic carbocycles. The third-order valence-corrected chi connectivity index (χ3v) is 5.69. The second-order valence-corrected chi connectivity index (χ2v) is 9.80. The minimum atomic E-state index is -0.450. The molecule has 1 aliphatic rings. The third kappa shape index (κ3) is 5.12. The van der Waals surface area contributed by atoms with Gasteiger partial charge in [-0.1, -0.05) is 13.3 Å². The molecule has 0 saturated carbocycles. The Labute approximate surface area is 182 Å². The number of nitro benzene ring substituents is 1. The van der Waals surface area contributed by atoms with Crippen molar-refractivity contribution in [1.29, 1.82) is 0 Å². The Balaban J connectivity index is 2.01. The molecule has 8 nitrogen and oxygen atoms in total. The largest absolute Gasteiger partial charge is 0.307 e. The van der Waals surface area contributed by atoms with Crippen molar-refractivity contribution in [3.8, 4) is 5.69 Å². The van der Waals surface area contributed by atoms with Crippen molar-refractivity contribution in [2.45, 2.75) is 84.3 Å². The first-order valence-corrected chi connectivity index (χ1v) is 10.9. The van der Waals surface area contributed by atoms with Crippen molar-refractivity contribution in [2.24, 2.45) is 4.99 Å². The van der Waals surface area contributed by atoms with Crippen LogP contribution >= 0.6 is 0 Å². The predicted molar refractivity (Wildman–Crippen MR) is 124 cm³/mol. The predicted octanol–water partition coefficient (Wildman–Crippen LogP) is 4.14. The van der Waals surface area contributed by atoms with Gasteiger partial charge in [0, 0.05) is 34.6 Å². The molecule has 2 N–H and O–H groups in total. The van der Waals surface area contributed by atoms with Crippen molar-refractivity contribution in [3.63, 3.8) is 0 Å². The summed E-state index contributed by atoms with van der Waals surface area (Å²) in [4.78, 5) is 28.8. The summed E-state index contributed by atoms with van der Waals surface area (Å²) in [5.74, 6) is 0. The average molecular weight is 428 g/mol. The molecular weight excluding hydrogens is 394 g/mol. The number of hydrogen-bond acceptors (Lipinski definition) is 5. The lowest BCUT2D eigenvalue weighted by atomic mass is 9.80. The summed E-state index contributed by atoms with van der Waals surface area (Å²) < 4.78 is 1.46. The summed E-state index contributed by atoms with van der Waals surface area (Å²) in [6.07, 6.45) is 3.41. The summed E-state index contributed by atoms with van der Waals surface area (Å²) >= 11 is 0. The molecular formula is C23H33N5O3. The Kier molecular flexibility index (Phi) is 6.23. The van der Waals surface area contributed by atoms with E-state index >= 15 is 0 Å². The maximum Gasteiger partial charge on any atom is 0.280 e. The molecule has 0 bridgehead atoms. The van der Waals surface area contributed by atoms with Crippen molar-refractivity contribution in [1.82, 2.24) is 15.1 Å². The number of H-pyrrole nitrogens is 1. The summed E-state index contributed by atoms with van der Waals surface area (Å²) in [7, 11) is 0. The van der Waals surface area contributed by atoms with Gasteiger partial charge in [0.25, 0.3) is 11.2 Å². The van der Waals surface area contributed by atoms with Crippen LogP contribution in [-0.2, 0) is 6.42 Å². The number of aromatic amines is 1. The summed E-state index contributed by atoms with van der Waals surface area (Å²) in [5, 5.41) is 17.8. The van der Waals surface area contributed by atoms with E-state index in [4.69, 9.17) is 4.99 Å². The molecule has 0 amide bonds. The molecule has 1 fully saturated rings. The Hall–Kier alpha value is -2.74. The Bertz CT molecular complexity index is 1030. The van der Waals surface area contributed by atoms with Crippen LogP contribution in [0, 0.1) is 10.1 Å². The monoisotopic (exact) mass is 427 g/mol. The van der Waals surface area contributed by atoms with Crippen molar-refractivity contribution < 1.29 is 4.92 Å². The van der Waals surface area contributed by atoms with Gasteiger partial charge in [-0.15, -0.1) is 0 Å². The van der Waals surface area contributed by atoms with Crippen molar-refractivity contribution >= 4 is 11.4 Å². The number of aliphatic imine (C=N–C) groups is 1. The summed E-state index contributed by atoms with van der Waals surface area (Å²) in [6.45, 7) is 12.7. The number of aryl methyl sites for hydroxylation is 1. The van der Waals surface area contributed by atoms with Crippen LogP contribution in [0.1, 0.15) is 72.1 Å². The van der Waals surface area contributed by atoms with Gasteiger partial charge in [-0.05, 0) is 66.0 Å². The fourth-order valence-electron chi connectivity index (χ4n) is 4.89. The smallest absolute Gasteiger partial charge is 0.280 e. The van der Waals surface area contributed by atoms with Crippen LogP contribution in [0.25, 0.3) is 5.69 Å². The van der Waals surface area contributed by atoms with E-state index in [1.165, 1.54) is 16.8 Å². The molecule has 0 unspecified atom stereocenters. The van der Waals surface area contributed by atoms with Gasteiger partial charge in [-0.2, -0.15) is 0 Å². The summed E-state index contributed by atoms with van der Waals surface area (Å²) in [5.41, 5.74) is 2.52. The maximum absolute atomic E-state index is 13.3. The van der Waals surface area contributed by atoms with Gasteiger partial charge in [0.05, 0.1) is 22.2 Å². The van der Waals surface area contributed by atoms with Gasteiger partial charge >= 0.3 is 0 Å². The SMILES string of the molecule is CCCc1[nH]n(-c2ccc([N+](=O)[O-])cc2)c(=O)c1C(C)=NC1CC(C)(C)NC(C)(C)C1. The molecule has 2 heterocycles. The van der Waals surface area contributed by atoms with Gasteiger partial charge in [0.15, 0.2) is 0 Å².